The molecule has 0 saturated heterocycles. The number of rotatable bonds is 8. The normalized spacial score (nSPS) is 11.1. The van der Waals surface area contributed by atoms with Crippen molar-refractivity contribution in [2.24, 2.45) is 4.99 Å². The highest BCUT2D eigenvalue weighted by molar-refractivity contribution is 5.90. The third kappa shape index (κ3) is 6.61. The molecule has 0 atom stereocenters. The Morgan fingerprint density at radius 3 is 2.29 bits per heavy atom. The Kier molecular flexibility index (Phi) is 8.34. The van der Waals surface area contributed by atoms with Crippen molar-refractivity contribution in [3.63, 3.8) is 0 Å². The molecular formula is C22H30N4O2. The highest BCUT2D eigenvalue weighted by Crippen LogP contribution is 2.13. The first-order chi connectivity index (χ1) is 13.5. The van der Waals surface area contributed by atoms with Crippen LogP contribution < -0.4 is 15.4 Å². The monoisotopic (exact) mass is 382 g/mol. The minimum absolute atomic E-state index is 0.0499. The van der Waals surface area contributed by atoms with E-state index in [1.54, 1.807) is 14.2 Å². The second kappa shape index (κ2) is 11.0. The van der Waals surface area contributed by atoms with Gasteiger partial charge in [-0.15, -0.1) is 0 Å². The molecule has 0 unspecified atom stereocenters. The van der Waals surface area contributed by atoms with Crippen molar-refractivity contribution in [2.45, 2.75) is 32.9 Å². The van der Waals surface area contributed by atoms with Gasteiger partial charge in [0.1, 0.15) is 5.75 Å². The Hall–Kier alpha value is -3.02. The summed E-state index contributed by atoms with van der Waals surface area (Å²) in [6, 6.07) is 15.9. The molecular weight excluding hydrogens is 352 g/mol. The molecule has 0 aliphatic carbocycles. The van der Waals surface area contributed by atoms with Gasteiger partial charge in [-0.3, -0.25) is 9.79 Å². The number of benzene rings is 2. The first kappa shape index (κ1) is 21.3. The molecule has 0 radical (unpaired) electrons. The number of guanidine groups is 1. The summed E-state index contributed by atoms with van der Waals surface area (Å²) >= 11 is 0. The lowest BCUT2D eigenvalue weighted by atomic mass is 10.2. The Labute approximate surface area is 167 Å². The van der Waals surface area contributed by atoms with E-state index in [1.807, 2.05) is 62.5 Å². The molecule has 150 valence electrons. The van der Waals surface area contributed by atoms with Crippen LogP contribution in [0.25, 0.3) is 0 Å². The summed E-state index contributed by atoms with van der Waals surface area (Å²) in [4.78, 5) is 18.1. The summed E-state index contributed by atoms with van der Waals surface area (Å²) in [7, 11) is 5.45. The first-order valence-electron chi connectivity index (χ1n) is 9.49. The fourth-order valence-corrected chi connectivity index (χ4v) is 2.80. The number of hydrogen-bond donors (Lipinski definition) is 2. The van der Waals surface area contributed by atoms with E-state index in [4.69, 9.17) is 4.74 Å². The number of ether oxygens (including phenoxy) is 1. The van der Waals surface area contributed by atoms with Crippen molar-refractivity contribution >= 4 is 17.6 Å². The van der Waals surface area contributed by atoms with Gasteiger partial charge in [-0.2, -0.15) is 0 Å². The zero-order valence-electron chi connectivity index (χ0n) is 17.2. The molecule has 0 saturated carbocycles. The minimum Gasteiger partial charge on any atom is -0.497 e. The standard InChI is InChI=1S/C22H30N4O2/c1-5-6-21(27)25-19-11-7-17(8-12-19)15-24-22(23-2)26(3)16-18-9-13-20(28-4)14-10-18/h7-14H,5-6,15-16H2,1-4H3,(H,23,24)(H,25,27). The summed E-state index contributed by atoms with van der Waals surface area (Å²) in [6.07, 6.45) is 1.39. The van der Waals surface area contributed by atoms with E-state index in [-0.39, 0.29) is 5.91 Å². The number of carbonyl (C=O) groups is 1. The summed E-state index contributed by atoms with van der Waals surface area (Å²) in [5, 5.41) is 6.27. The Balaban J connectivity index is 1.87. The maximum absolute atomic E-state index is 11.7. The van der Waals surface area contributed by atoms with Crippen LogP contribution in [0, 0.1) is 0 Å². The van der Waals surface area contributed by atoms with Gasteiger partial charge in [0.25, 0.3) is 0 Å². The van der Waals surface area contributed by atoms with Gasteiger partial charge in [0, 0.05) is 39.3 Å². The quantitative estimate of drug-likeness (QED) is 0.540. The molecule has 2 aromatic carbocycles. The van der Waals surface area contributed by atoms with Gasteiger partial charge in [0.05, 0.1) is 7.11 Å². The molecule has 0 aromatic heterocycles. The van der Waals surface area contributed by atoms with Crippen molar-refractivity contribution in [3.8, 4) is 5.75 Å². The fourth-order valence-electron chi connectivity index (χ4n) is 2.80. The fraction of sp³-hybridized carbons (Fsp3) is 0.364. The maximum Gasteiger partial charge on any atom is 0.224 e. The van der Waals surface area contributed by atoms with E-state index in [2.05, 4.69) is 20.5 Å². The summed E-state index contributed by atoms with van der Waals surface area (Å²) < 4.78 is 5.20. The number of nitrogens with one attached hydrogen (secondary N) is 2. The largest absolute Gasteiger partial charge is 0.497 e. The molecule has 0 spiro atoms. The van der Waals surface area contributed by atoms with E-state index < -0.39 is 0 Å². The van der Waals surface area contributed by atoms with Crippen LogP contribution in [0.5, 0.6) is 5.75 Å². The van der Waals surface area contributed by atoms with Crippen LogP contribution in [0.4, 0.5) is 5.69 Å². The first-order valence-corrected chi connectivity index (χ1v) is 9.49. The van der Waals surface area contributed by atoms with Crippen LogP contribution in [0.1, 0.15) is 30.9 Å². The zero-order valence-corrected chi connectivity index (χ0v) is 17.2. The van der Waals surface area contributed by atoms with Gasteiger partial charge < -0.3 is 20.3 Å². The molecule has 2 N–H and O–H groups in total. The van der Waals surface area contributed by atoms with Gasteiger partial charge in [0.15, 0.2) is 5.96 Å². The van der Waals surface area contributed by atoms with Crippen LogP contribution in [-0.4, -0.2) is 38.0 Å². The molecule has 0 fully saturated rings. The SMILES string of the molecule is CCCC(=O)Nc1ccc(CNC(=NC)N(C)Cc2ccc(OC)cc2)cc1. The molecule has 2 rings (SSSR count). The van der Waals surface area contributed by atoms with Crippen LogP contribution >= 0.6 is 0 Å². The van der Waals surface area contributed by atoms with E-state index in [9.17, 15) is 4.79 Å². The van der Waals surface area contributed by atoms with Crippen molar-refractivity contribution in [2.75, 3.05) is 26.5 Å². The van der Waals surface area contributed by atoms with Crippen molar-refractivity contribution in [3.05, 3.63) is 59.7 Å². The number of nitrogens with zero attached hydrogens (tertiary/aromatic N) is 2. The number of amides is 1. The summed E-state index contributed by atoms with van der Waals surface area (Å²) in [6.45, 7) is 3.39. The summed E-state index contributed by atoms with van der Waals surface area (Å²) in [5.41, 5.74) is 3.12. The minimum atomic E-state index is 0.0499. The third-order valence-electron chi connectivity index (χ3n) is 4.32. The summed E-state index contributed by atoms with van der Waals surface area (Å²) in [5.74, 6) is 1.72. The predicted molar refractivity (Wildman–Crippen MR) is 115 cm³/mol. The number of methoxy groups -OCH3 is 1. The molecule has 0 aliphatic heterocycles. The van der Waals surface area contributed by atoms with E-state index in [0.29, 0.717) is 13.0 Å². The molecule has 0 heterocycles. The van der Waals surface area contributed by atoms with Gasteiger partial charge in [-0.1, -0.05) is 31.2 Å². The maximum atomic E-state index is 11.7. The van der Waals surface area contributed by atoms with E-state index >= 15 is 0 Å². The van der Waals surface area contributed by atoms with Gasteiger partial charge in [0.2, 0.25) is 5.91 Å². The van der Waals surface area contributed by atoms with Gasteiger partial charge in [-0.05, 0) is 41.8 Å². The van der Waals surface area contributed by atoms with Crippen LogP contribution in [-0.2, 0) is 17.9 Å². The topological polar surface area (TPSA) is 66.0 Å². The number of hydrogen-bond acceptors (Lipinski definition) is 3. The average molecular weight is 383 g/mol. The Bertz CT molecular complexity index is 770. The number of carbonyl (C=O) groups excluding carboxylic acids is 1. The molecule has 0 aliphatic rings. The second-order valence-electron chi connectivity index (χ2n) is 6.60. The third-order valence-corrected chi connectivity index (χ3v) is 4.32. The highest BCUT2D eigenvalue weighted by atomic mass is 16.5. The molecule has 0 bridgehead atoms. The van der Waals surface area contributed by atoms with E-state index in [1.165, 1.54) is 5.56 Å². The zero-order chi connectivity index (χ0) is 20.4. The van der Waals surface area contributed by atoms with Crippen molar-refractivity contribution in [1.29, 1.82) is 0 Å². The molecule has 6 nitrogen and oxygen atoms in total. The van der Waals surface area contributed by atoms with Crippen LogP contribution in [0.2, 0.25) is 0 Å². The van der Waals surface area contributed by atoms with Crippen molar-refractivity contribution in [1.82, 2.24) is 10.2 Å². The lowest BCUT2D eigenvalue weighted by molar-refractivity contribution is -0.116. The Morgan fingerprint density at radius 2 is 1.71 bits per heavy atom. The highest BCUT2D eigenvalue weighted by Gasteiger charge is 2.07. The van der Waals surface area contributed by atoms with E-state index in [0.717, 1.165) is 35.9 Å². The van der Waals surface area contributed by atoms with Crippen LogP contribution in [0.15, 0.2) is 53.5 Å². The van der Waals surface area contributed by atoms with Crippen LogP contribution in [0.3, 0.4) is 0 Å². The molecule has 1 amide bonds. The molecule has 2 aromatic rings. The lowest BCUT2D eigenvalue weighted by Crippen LogP contribution is -2.38. The van der Waals surface area contributed by atoms with Gasteiger partial charge in [-0.25, -0.2) is 0 Å². The second-order valence-corrected chi connectivity index (χ2v) is 6.60. The van der Waals surface area contributed by atoms with Crippen molar-refractivity contribution < 1.29 is 9.53 Å². The lowest BCUT2D eigenvalue weighted by Gasteiger charge is -2.22. The smallest absolute Gasteiger partial charge is 0.224 e. The number of anilines is 1. The molecule has 6 heteroatoms. The molecule has 28 heavy (non-hydrogen) atoms. The average Bonchev–Trinajstić information content (AvgIpc) is 2.70. The number of aliphatic imine (C=N–C) groups is 1. The Morgan fingerprint density at radius 1 is 1.07 bits per heavy atom. The van der Waals surface area contributed by atoms with Gasteiger partial charge >= 0.3 is 0 Å². The predicted octanol–water partition coefficient (Wildman–Crippen LogP) is 3.64.